The molecule has 2 N–H and O–H groups in total. The summed E-state index contributed by atoms with van der Waals surface area (Å²) in [5, 5.41) is 0. The van der Waals surface area contributed by atoms with Crippen LogP contribution in [0.2, 0.25) is 0 Å². The van der Waals surface area contributed by atoms with Gasteiger partial charge in [-0.1, -0.05) is 12.1 Å². The molecule has 1 aliphatic rings. The van der Waals surface area contributed by atoms with Crippen LogP contribution < -0.4 is 5.73 Å². The Balaban J connectivity index is 1.89. The summed E-state index contributed by atoms with van der Waals surface area (Å²) in [7, 11) is 0. The molecule has 0 unspecified atom stereocenters. The van der Waals surface area contributed by atoms with E-state index in [2.05, 4.69) is 4.90 Å². The summed E-state index contributed by atoms with van der Waals surface area (Å²) in [5.41, 5.74) is 2.45. The predicted octanol–water partition coefficient (Wildman–Crippen LogP) is 2.44. The minimum Gasteiger partial charge on any atom is -0.325 e. The Morgan fingerprint density at radius 2 is 1.82 bits per heavy atom. The van der Waals surface area contributed by atoms with Crippen molar-refractivity contribution in [1.82, 2.24) is 4.90 Å². The Kier molecular flexibility index (Phi) is 3.65. The normalized spacial score (nSPS) is 18.1. The van der Waals surface area contributed by atoms with E-state index in [0.717, 1.165) is 25.2 Å². The molecule has 0 saturated carbocycles. The number of likely N-dealkylation sites (tertiary alicyclic amines) is 1. The summed E-state index contributed by atoms with van der Waals surface area (Å²) in [5.74, 6) is 0. The third kappa shape index (κ3) is 3.90. The van der Waals surface area contributed by atoms with Gasteiger partial charge in [-0.3, -0.25) is 4.90 Å². The topological polar surface area (TPSA) is 29.3 Å². The molecular weight excluding hydrogens is 249 g/mol. The minimum atomic E-state index is -4.22. The first-order chi connectivity index (χ1) is 7.92. The molecule has 6 heteroatoms. The van der Waals surface area contributed by atoms with Gasteiger partial charge < -0.3 is 5.73 Å². The van der Waals surface area contributed by atoms with Crippen molar-refractivity contribution in [2.45, 2.75) is 23.0 Å². The molecule has 17 heavy (non-hydrogen) atoms. The van der Waals surface area contributed by atoms with Gasteiger partial charge in [0.15, 0.2) is 0 Å². The smallest absolute Gasteiger partial charge is 0.325 e. The number of halogens is 3. The second kappa shape index (κ2) is 4.88. The van der Waals surface area contributed by atoms with E-state index in [-0.39, 0.29) is 22.7 Å². The van der Waals surface area contributed by atoms with Crippen LogP contribution in [0.1, 0.15) is 5.56 Å². The van der Waals surface area contributed by atoms with Crippen LogP contribution in [-0.4, -0.2) is 29.5 Å². The van der Waals surface area contributed by atoms with Crippen LogP contribution in [0.15, 0.2) is 29.2 Å². The summed E-state index contributed by atoms with van der Waals surface area (Å²) in [4.78, 5) is 2.39. The molecule has 0 aliphatic carbocycles. The van der Waals surface area contributed by atoms with Crippen LogP contribution in [-0.2, 0) is 6.54 Å². The molecule has 1 aromatic carbocycles. The molecule has 2 nitrogen and oxygen atoms in total. The molecule has 0 aromatic heterocycles. The van der Waals surface area contributed by atoms with Crippen LogP contribution >= 0.6 is 11.8 Å². The van der Waals surface area contributed by atoms with Crippen LogP contribution in [0.4, 0.5) is 13.2 Å². The monoisotopic (exact) mass is 262 g/mol. The van der Waals surface area contributed by atoms with Crippen molar-refractivity contribution in [1.29, 1.82) is 0 Å². The molecule has 0 spiro atoms. The lowest BCUT2D eigenvalue weighted by Crippen LogP contribution is -2.54. The van der Waals surface area contributed by atoms with Crippen molar-refractivity contribution in [2.75, 3.05) is 13.1 Å². The Labute approximate surface area is 102 Å². The van der Waals surface area contributed by atoms with Crippen LogP contribution in [0, 0.1) is 0 Å². The first-order valence-corrected chi connectivity index (χ1v) is 6.07. The number of benzene rings is 1. The van der Waals surface area contributed by atoms with E-state index >= 15 is 0 Å². The van der Waals surface area contributed by atoms with Crippen molar-refractivity contribution < 1.29 is 13.2 Å². The maximum atomic E-state index is 12.1. The van der Waals surface area contributed by atoms with Crippen molar-refractivity contribution in [3.63, 3.8) is 0 Å². The summed E-state index contributed by atoms with van der Waals surface area (Å²) in [6.07, 6.45) is 0. The van der Waals surface area contributed by atoms with Crippen molar-refractivity contribution in [2.24, 2.45) is 5.73 Å². The first-order valence-electron chi connectivity index (χ1n) is 5.25. The van der Waals surface area contributed by atoms with E-state index in [0.29, 0.717) is 0 Å². The molecule has 1 aliphatic heterocycles. The van der Waals surface area contributed by atoms with Gasteiger partial charge in [0.05, 0.1) is 0 Å². The third-order valence-electron chi connectivity index (χ3n) is 2.55. The molecular formula is C11H13F3N2S. The number of hydrogen-bond donors (Lipinski definition) is 1. The second-order valence-electron chi connectivity index (χ2n) is 4.15. The molecule has 0 amide bonds. The highest BCUT2D eigenvalue weighted by Gasteiger charge is 2.29. The Bertz CT molecular complexity index is 371. The summed E-state index contributed by atoms with van der Waals surface area (Å²) < 4.78 is 36.3. The number of rotatable bonds is 3. The fourth-order valence-corrected chi connectivity index (χ4v) is 2.33. The molecule has 1 fully saturated rings. The van der Waals surface area contributed by atoms with Gasteiger partial charge in [-0.25, -0.2) is 0 Å². The second-order valence-corrected chi connectivity index (χ2v) is 5.28. The van der Waals surface area contributed by atoms with E-state index in [1.807, 2.05) is 0 Å². The molecule has 1 aromatic rings. The maximum absolute atomic E-state index is 12.1. The third-order valence-corrected chi connectivity index (χ3v) is 3.29. The molecule has 1 heterocycles. The number of nitrogens with two attached hydrogens (primary N) is 1. The highest BCUT2D eigenvalue weighted by molar-refractivity contribution is 8.00. The molecule has 0 bridgehead atoms. The van der Waals surface area contributed by atoms with Gasteiger partial charge in [-0.05, 0) is 29.5 Å². The molecule has 94 valence electrons. The molecule has 0 atom stereocenters. The fraction of sp³-hybridized carbons (Fsp3) is 0.455. The number of thioether (sulfide) groups is 1. The lowest BCUT2D eigenvalue weighted by molar-refractivity contribution is -0.0328. The van der Waals surface area contributed by atoms with Gasteiger partial charge in [0, 0.05) is 30.6 Å². The maximum Gasteiger partial charge on any atom is 0.446 e. The SMILES string of the molecule is NC1CN(Cc2ccc(SC(F)(F)F)cc2)C1. The van der Waals surface area contributed by atoms with E-state index in [1.54, 1.807) is 12.1 Å². The highest BCUT2D eigenvalue weighted by atomic mass is 32.2. The van der Waals surface area contributed by atoms with E-state index in [1.165, 1.54) is 12.1 Å². The van der Waals surface area contributed by atoms with E-state index in [4.69, 9.17) is 5.73 Å². The van der Waals surface area contributed by atoms with Gasteiger partial charge in [0.1, 0.15) is 0 Å². The Morgan fingerprint density at radius 1 is 1.24 bits per heavy atom. The fourth-order valence-electron chi connectivity index (χ4n) is 1.79. The largest absolute Gasteiger partial charge is 0.446 e. The number of hydrogen-bond acceptors (Lipinski definition) is 3. The molecule has 0 radical (unpaired) electrons. The number of alkyl halides is 3. The zero-order valence-electron chi connectivity index (χ0n) is 9.07. The molecule has 1 saturated heterocycles. The predicted molar refractivity (Wildman–Crippen MR) is 61.6 cm³/mol. The zero-order valence-corrected chi connectivity index (χ0v) is 9.89. The van der Waals surface area contributed by atoms with Gasteiger partial charge >= 0.3 is 5.51 Å². The van der Waals surface area contributed by atoms with Gasteiger partial charge in [-0.2, -0.15) is 13.2 Å². The van der Waals surface area contributed by atoms with Crippen LogP contribution in [0.25, 0.3) is 0 Å². The zero-order chi connectivity index (χ0) is 12.5. The van der Waals surface area contributed by atoms with Crippen molar-refractivity contribution in [3.8, 4) is 0 Å². The Morgan fingerprint density at radius 3 is 2.29 bits per heavy atom. The van der Waals surface area contributed by atoms with E-state index in [9.17, 15) is 13.2 Å². The van der Waals surface area contributed by atoms with Gasteiger partial charge in [0.25, 0.3) is 0 Å². The lowest BCUT2D eigenvalue weighted by Gasteiger charge is -2.36. The standard InChI is InChI=1S/C11H13F3N2S/c12-11(13,14)17-10-3-1-8(2-4-10)5-16-6-9(15)7-16/h1-4,9H,5-7,15H2. The first kappa shape index (κ1) is 12.7. The quantitative estimate of drug-likeness (QED) is 0.848. The van der Waals surface area contributed by atoms with Crippen molar-refractivity contribution >= 4 is 11.8 Å². The average molecular weight is 262 g/mol. The van der Waals surface area contributed by atoms with Crippen molar-refractivity contribution in [3.05, 3.63) is 29.8 Å². The summed E-state index contributed by atoms with van der Waals surface area (Å²) >= 11 is -0.0851. The average Bonchev–Trinajstić information content (AvgIpc) is 2.16. The van der Waals surface area contributed by atoms with Crippen LogP contribution in [0.3, 0.4) is 0 Å². The Hall–Kier alpha value is -0.720. The van der Waals surface area contributed by atoms with Gasteiger partial charge in [-0.15, -0.1) is 0 Å². The van der Waals surface area contributed by atoms with E-state index < -0.39 is 5.51 Å². The van der Waals surface area contributed by atoms with Crippen LogP contribution in [0.5, 0.6) is 0 Å². The lowest BCUT2D eigenvalue weighted by atomic mass is 10.1. The molecule has 2 rings (SSSR count). The highest BCUT2D eigenvalue weighted by Crippen LogP contribution is 2.36. The number of nitrogens with zero attached hydrogens (tertiary/aromatic N) is 1. The van der Waals surface area contributed by atoms with Gasteiger partial charge in [0.2, 0.25) is 0 Å². The summed E-state index contributed by atoms with van der Waals surface area (Å²) in [6, 6.07) is 6.73. The summed E-state index contributed by atoms with van der Waals surface area (Å²) in [6.45, 7) is 2.47. The minimum absolute atomic E-state index is 0.0851.